The minimum absolute atomic E-state index is 0.0301. The van der Waals surface area contributed by atoms with E-state index in [0.29, 0.717) is 17.0 Å². The second kappa shape index (κ2) is 7.82. The number of hydrogen-bond acceptors (Lipinski definition) is 2. The smallest absolute Gasteiger partial charge is 0.334 e. The number of alkyl halides is 3. The number of likely N-dealkylation sites (tertiary alicyclic amines) is 1. The van der Waals surface area contributed by atoms with Crippen molar-refractivity contribution in [2.24, 2.45) is 5.92 Å². The van der Waals surface area contributed by atoms with Gasteiger partial charge in [-0.1, -0.05) is 46.1 Å². The van der Waals surface area contributed by atoms with Crippen molar-refractivity contribution < 1.29 is 13.2 Å². The van der Waals surface area contributed by atoms with Crippen molar-refractivity contribution in [1.82, 2.24) is 14.9 Å². The molecule has 3 rings (SSSR count). The lowest BCUT2D eigenvalue weighted by Gasteiger charge is -2.45. The first-order chi connectivity index (χ1) is 12.7. The number of unbranched alkanes of at least 4 members (excludes halogenated alkanes) is 3. The molecule has 0 saturated carbocycles. The fourth-order valence-electron chi connectivity index (χ4n) is 4.21. The maximum atomic E-state index is 12.9. The highest BCUT2D eigenvalue weighted by molar-refractivity contribution is 5.76. The Bertz CT molecular complexity index is 768. The summed E-state index contributed by atoms with van der Waals surface area (Å²) in [6.07, 6.45) is 1.66. The molecule has 0 radical (unpaired) electrons. The molecule has 0 spiro atoms. The maximum absolute atomic E-state index is 12.9. The highest BCUT2D eigenvalue weighted by Crippen LogP contribution is 2.40. The predicted octanol–water partition coefficient (Wildman–Crippen LogP) is 5.76. The Morgan fingerprint density at radius 3 is 2.70 bits per heavy atom. The van der Waals surface area contributed by atoms with E-state index in [2.05, 4.69) is 35.6 Å². The summed E-state index contributed by atoms with van der Waals surface area (Å²) in [5.74, 6) is -0.477. The Morgan fingerprint density at radius 1 is 1.26 bits per heavy atom. The van der Waals surface area contributed by atoms with Gasteiger partial charge in [0.25, 0.3) is 0 Å². The molecule has 1 aliphatic heterocycles. The summed E-state index contributed by atoms with van der Waals surface area (Å²) in [5, 5.41) is 0. The molecule has 1 N–H and O–H groups in total. The van der Waals surface area contributed by atoms with E-state index in [9.17, 15) is 13.2 Å². The number of hydrogen-bond donors (Lipinski definition) is 1. The molecule has 27 heavy (non-hydrogen) atoms. The topological polar surface area (TPSA) is 31.9 Å². The number of fused-ring (bicyclic) bond motifs is 1. The number of nitrogens with zero attached hydrogens (tertiary/aromatic N) is 2. The van der Waals surface area contributed by atoms with E-state index in [0.717, 1.165) is 31.6 Å². The van der Waals surface area contributed by atoms with Gasteiger partial charge in [0.2, 0.25) is 5.82 Å². The monoisotopic (exact) mass is 381 g/mol. The van der Waals surface area contributed by atoms with Crippen LogP contribution in [0.3, 0.4) is 0 Å². The Balaban J connectivity index is 1.73. The normalized spacial score (nSPS) is 24.6. The van der Waals surface area contributed by atoms with Crippen LogP contribution in [0.15, 0.2) is 18.2 Å². The van der Waals surface area contributed by atoms with Crippen molar-refractivity contribution in [3.8, 4) is 0 Å². The average Bonchev–Trinajstić information content (AvgIpc) is 3.05. The molecule has 1 aliphatic rings. The molecule has 150 valence electrons. The second-order valence-electron chi connectivity index (χ2n) is 8.24. The van der Waals surface area contributed by atoms with Gasteiger partial charge >= 0.3 is 6.18 Å². The van der Waals surface area contributed by atoms with E-state index in [1.165, 1.54) is 25.7 Å². The Morgan fingerprint density at radius 2 is 2.04 bits per heavy atom. The number of imidazole rings is 1. The Labute approximate surface area is 159 Å². The van der Waals surface area contributed by atoms with E-state index in [4.69, 9.17) is 0 Å². The van der Waals surface area contributed by atoms with Crippen LogP contribution in [0, 0.1) is 5.92 Å². The third-order valence-corrected chi connectivity index (χ3v) is 6.30. The van der Waals surface area contributed by atoms with Crippen LogP contribution in [0.25, 0.3) is 11.0 Å². The SMILES string of the molecule is CCCCCCN1CC[C@](C)(c2ccc3nc(C(F)(F)F)[nH]c3c2)[C@@H](C)C1. The van der Waals surface area contributed by atoms with E-state index >= 15 is 0 Å². The van der Waals surface area contributed by atoms with Gasteiger partial charge in [0.05, 0.1) is 11.0 Å². The molecular weight excluding hydrogens is 351 g/mol. The number of piperidine rings is 1. The third-order valence-electron chi connectivity index (χ3n) is 6.30. The van der Waals surface area contributed by atoms with Crippen LogP contribution in [0.1, 0.15) is 64.3 Å². The summed E-state index contributed by atoms with van der Waals surface area (Å²) in [6.45, 7) is 9.96. The fourth-order valence-corrected chi connectivity index (χ4v) is 4.21. The zero-order valence-corrected chi connectivity index (χ0v) is 16.5. The van der Waals surface area contributed by atoms with Gasteiger partial charge in [0.15, 0.2) is 0 Å². The molecule has 6 heteroatoms. The van der Waals surface area contributed by atoms with Crippen LogP contribution < -0.4 is 0 Å². The van der Waals surface area contributed by atoms with Crippen LogP contribution in [0.4, 0.5) is 13.2 Å². The molecule has 0 amide bonds. The lowest BCUT2D eigenvalue weighted by atomic mass is 9.68. The summed E-state index contributed by atoms with van der Waals surface area (Å²) in [4.78, 5) is 8.67. The predicted molar refractivity (Wildman–Crippen MR) is 103 cm³/mol. The minimum atomic E-state index is -4.44. The molecule has 1 saturated heterocycles. The van der Waals surface area contributed by atoms with Crippen molar-refractivity contribution >= 4 is 11.0 Å². The molecule has 0 unspecified atom stereocenters. The van der Waals surface area contributed by atoms with Gasteiger partial charge in [0, 0.05) is 6.54 Å². The summed E-state index contributed by atoms with van der Waals surface area (Å²) in [6, 6.07) is 5.53. The summed E-state index contributed by atoms with van der Waals surface area (Å²) in [5.41, 5.74) is 1.91. The molecule has 0 bridgehead atoms. The number of halogens is 3. The number of nitrogens with one attached hydrogen (secondary N) is 1. The van der Waals surface area contributed by atoms with Gasteiger partial charge in [-0.2, -0.15) is 13.2 Å². The molecule has 0 aliphatic carbocycles. The lowest BCUT2D eigenvalue weighted by Crippen LogP contribution is -2.47. The van der Waals surface area contributed by atoms with Gasteiger partial charge in [-0.05, 0) is 55.0 Å². The molecule has 2 aromatic rings. The first-order valence-electron chi connectivity index (χ1n) is 10.0. The summed E-state index contributed by atoms with van der Waals surface area (Å²) >= 11 is 0. The Hall–Kier alpha value is -1.56. The van der Waals surface area contributed by atoms with Crippen LogP contribution in [0.5, 0.6) is 0 Å². The summed E-state index contributed by atoms with van der Waals surface area (Å²) in [7, 11) is 0. The van der Waals surface area contributed by atoms with Crippen LogP contribution in [-0.2, 0) is 11.6 Å². The standard InChI is InChI=1S/C21H30F3N3/c1-4-5-6-7-11-27-12-10-20(3,15(2)14-27)16-8-9-17-18(13-16)26-19(25-17)21(22,23)24/h8-9,13,15H,4-7,10-12,14H2,1-3H3,(H,25,26)/t15-,20-/m0/s1. The molecule has 1 fully saturated rings. The van der Waals surface area contributed by atoms with Crippen LogP contribution >= 0.6 is 0 Å². The van der Waals surface area contributed by atoms with Crippen molar-refractivity contribution in [1.29, 1.82) is 0 Å². The number of H-pyrrole nitrogens is 1. The van der Waals surface area contributed by atoms with E-state index in [-0.39, 0.29) is 5.41 Å². The van der Waals surface area contributed by atoms with Crippen molar-refractivity contribution in [2.75, 3.05) is 19.6 Å². The van der Waals surface area contributed by atoms with Crippen molar-refractivity contribution in [3.63, 3.8) is 0 Å². The molecule has 2 heterocycles. The van der Waals surface area contributed by atoms with Crippen LogP contribution in [0.2, 0.25) is 0 Å². The molecule has 1 aromatic heterocycles. The van der Waals surface area contributed by atoms with E-state index in [1.807, 2.05) is 12.1 Å². The van der Waals surface area contributed by atoms with E-state index in [1.54, 1.807) is 6.07 Å². The third kappa shape index (κ3) is 4.31. The number of rotatable bonds is 6. The number of aromatic amines is 1. The molecule has 3 nitrogen and oxygen atoms in total. The zero-order valence-electron chi connectivity index (χ0n) is 16.5. The first kappa shape index (κ1) is 20.2. The first-order valence-corrected chi connectivity index (χ1v) is 10.0. The minimum Gasteiger partial charge on any atom is -0.334 e. The maximum Gasteiger partial charge on any atom is 0.449 e. The van der Waals surface area contributed by atoms with Crippen LogP contribution in [-0.4, -0.2) is 34.5 Å². The molecular formula is C21H30F3N3. The quantitative estimate of drug-likeness (QED) is 0.645. The molecule has 1 aromatic carbocycles. The highest BCUT2D eigenvalue weighted by atomic mass is 19.4. The second-order valence-corrected chi connectivity index (χ2v) is 8.24. The van der Waals surface area contributed by atoms with Gasteiger partial charge in [-0.15, -0.1) is 0 Å². The van der Waals surface area contributed by atoms with Gasteiger partial charge < -0.3 is 9.88 Å². The largest absolute Gasteiger partial charge is 0.449 e. The lowest BCUT2D eigenvalue weighted by molar-refractivity contribution is -0.144. The van der Waals surface area contributed by atoms with Gasteiger partial charge in [-0.3, -0.25) is 0 Å². The summed E-state index contributed by atoms with van der Waals surface area (Å²) < 4.78 is 38.7. The van der Waals surface area contributed by atoms with E-state index < -0.39 is 12.0 Å². The number of benzene rings is 1. The van der Waals surface area contributed by atoms with Gasteiger partial charge in [0.1, 0.15) is 0 Å². The Kier molecular flexibility index (Phi) is 5.84. The fraction of sp³-hybridized carbons (Fsp3) is 0.667. The highest BCUT2D eigenvalue weighted by Gasteiger charge is 2.39. The molecule has 2 atom stereocenters. The van der Waals surface area contributed by atoms with Crippen molar-refractivity contribution in [3.05, 3.63) is 29.6 Å². The number of aromatic nitrogens is 2. The van der Waals surface area contributed by atoms with Gasteiger partial charge in [-0.25, -0.2) is 4.98 Å². The zero-order chi connectivity index (χ0) is 19.7. The van der Waals surface area contributed by atoms with Crippen molar-refractivity contribution in [2.45, 2.75) is 64.5 Å². The average molecular weight is 381 g/mol.